The highest BCUT2D eigenvalue weighted by atomic mass is 35.5. The largest absolute Gasteiger partial charge is 0.383 e. The van der Waals surface area contributed by atoms with Gasteiger partial charge in [0.2, 0.25) is 0 Å². The predicted octanol–water partition coefficient (Wildman–Crippen LogP) is 5.12. The number of allylic oxidation sites excluding steroid dienone is 3. The third-order valence-electron chi connectivity index (χ3n) is 5.88. The molecule has 0 radical (unpaired) electrons. The molecule has 2 heterocycles. The number of hydrogen-bond acceptors (Lipinski definition) is 6. The maximum Gasteiger partial charge on any atom is 0.273 e. The Bertz CT molecular complexity index is 1330. The number of benzene rings is 1. The summed E-state index contributed by atoms with van der Waals surface area (Å²) in [7, 11) is 0. The topological polar surface area (TPSA) is 112 Å². The summed E-state index contributed by atoms with van der Waals surface area (Å²) in [6.45, 7) is 3.92. The Morgan fingerprint density at radius 3 is 2.62 bits per heavy atom. The van der Waals surface area contributed by atoms with E-state index in [-0.39, 0.29) is 34.3 Å². The van der Waals surface area contributed by atoms with Crippen molar-refractivity contribution in [2.75, 3.05) is 0 Å². The lowest BCUT2D eigenvalue weighted by atomic mass is 9.69. The summed E-state index contributed by atoms with van der Waals surface area (Å²) in [4.78, 5) is 30.4. The number of carbonyl (C=O) groups excluding carboxylic acids is 2. The molecule has 174 valence electrons. The fourth-order valence-corrected chi connectivity index (χ4v) is 4.89. The molecule has 1 aliphatic carbocycles. The summed E-state index contributed by atoms with van der Waals surface area (Å²) >= 11 is 18.4. The maximum absolute atomic E-state index is 13.4. The van der Waals surface area contributed by atoms with Gasteiger partial charge in [0.15, 0.2) is 5.78 Å². The first-order chi connectivity index (χ1) is 16.0. The molecule has 1 aromatic heterocycles. The fourth-order valence-electron chi connectivity index (χ4n) is 4.38. The number of halogens is 3. The molecule has 1 aromatic carbocycles. The van der Waals surface area contributed by atoms with E-state index >= 15 is 0 Å². The van der Waals surface area contributed by atoms with Crippen molar-refractivity contribution in [1.29, 1.82) is 5.26 Å². The van der Waals surface area contributed by atoms with E-state index < -0.39 is 17.2 Å². The second kappa shape index (κ2) is 8.95. The highest BCUT2D eigenvalue weighted by molar-refractivity contribution is 6.42. The Kier molecular flexibility index (Phi) is 6.34. The molecule has 0 bridgehead atoms. The normalized spacial score (nSPS) is 19.6. The first-order valence-electron chi connectivity index (χ1n) is 10.4. The Balaban J connectivity index is 1.88. The molecule has 0 spiro atoms. The molecule has 0 fully saturated rings. The molecule has 1 aliphatic heterocycles. The van der Waals surface area contributed by atoms with Crippen molar-refractivity contribution in [1.82, 2.24) is 15.4 Å². The first-order valence-corrected chi connectivity index (χ1v) is 11.5. The van der Waals surface area contributed by atoms with Crippen LogP contribution in [0.3, 0.4) is 0 Å². The van der Waals surface area contributed by atoms with E-state index in [1.165, 1.54) is 17.3 Å². The van der Waals surface area contributed by atoms with Gasteiger partial charge in [0, 0.05) is 18.2 Å². The molecule has 3 N–H and O–H groups in total. The van der Waals surface area contributed by atoms with Crippen molar-refractivity contribution in [2.45, 2.75) is 32.6 Å². The fraction of sp³-hybridized carbons (Fsp3) is 0.250. The van der Waals surface area contributed by atoms with E-state index in [2.05, 4.69) is 16.5 Å². The number of hydrazine groups is 1. The minimum Gasteiger partial charge on any atom is -0.383 e. The lowest BCUT2D eigenvalue weighted by molar-refractivity contribution is -0.118. The standard InChI is InChI=1S/C24H20Cl3N5O2/c1-24(2)9-17-20(18(33)10-24)19(12-5-6-15(25)16(26)8-12)14(11-28)22(29)32(17)31-23(34)13-4-3-7-30-21(13)27/h3-8,19H,9-10,29H2,1-2H3,(H,31,34). The number of Topliss-reactive ketones (excluding diaryl/α,β-unsaturated/α-hetero) is 1. The molecular formula is C24H20Cl3N5O2. The van der Waals surface area contributed by atoms with Crippen molar-refractivity contribution in [3.8, 4) is 6.07 Å². The molecule has 1 atom stereocenters. The van der Waals surface area contributed by atoms with Crippen molar-refractivity contribution >= 4 is 46.5 Å². The molecule has 2 aromatic rings. The van der Waals surface area contributed by atoms with Crippen LogP contribution in [0.5, 0.6) is 0 Å². The van der Waals surface area contributed by atoms with Gasteiger partial charge in [0.25, 0.3) is 5.91 Å². The van der Waals surface area contributed by atoms with Crippen LogP contribution >= 0.6 is 34.8 Å². The van der Waals surface area contributed by atoms with Crippen LogP contribution in [0.4, 0.5) is 0 Å². The molecule has 34 heavy (non-hydrogen) atoms. The number of ketones is 1. The number of hydrogen-bond donors (Lipinski definition) is 2. The summed E-state index contributed by atoms with van der Waals surface area (Å²) in [6.07, 6.45) is 2.18. The Labute approximate surface area is 211 Å². The van der Waals surface area contributed by atoms with E-state index in [1.807, 2.05) is 13.8 Å². The Morgan fingerprint density at radius 2 is 1.97 bits per heavy atom. The number of nitrogens with one attached hydrogen (secondary N) is 1. The average Bonchev–Trinajstić information content (AvgIpc) is 2.77. The van der Waals surface area contributed by atoms with Crippen molar-refractivity contribution < 1.29 is 9.59 Å². The number of aromatic nitrogens is 1. The summed E-state index contributed by atoms with van der Waals surface area (Å²) in [6, 6.07) is 10.2. The molecule has 1 unspecified atom stereocenters. The lowest BCUT2D eigenvalue weighted by Gasteiger charge is -2.43. The van der Waals surface area contributed by atoms with Crippen LogP contribution in [0.2, 0.25) is 15.2 Å². The minimum atomic E-state index is -0.742. The van der Waals surface area contributed by atoms with Gasteiger partial charge in [0.1, 0.15) is 11.0 Å². The average molecular weight is 517 g/mol. The summed E-state index contributed by atoms with van der Waals surface area (Å²) in [5.41, 5.74) is 10.5. The number of nitriles is 1. The molecule has 1 amide bonds. The number of nitrogens with zero attached hydrogens (tertiary/aromatic N) is 3. The van der Waals surface area contributed by atoms with Gasteiger partial charge in [-0.05, 0) is 41.7 Å². The van der Waals surface area contributed by atoms with Crippen LogP contribution in [0.15, 0.2) is 59.2 Å². The highest BCUT2D eigenvalue weighted by Gasteiger charge is 2.45. The number of nitrogens with two attached hydrogens (primary N) is 1. The first kappa shape index (κ1) is 24.1. The van der Waals surface area contributed by atoms with Gasteiger partial charge in [-0.3, -0.25) is 15.0 Å². The quantitative estimate of drug-likeness (QED) is 0.547. The van der Waals surface area contributed by atoms with Crippen LogP contribution < -0.4 is 11.2 Å². The van der Waals surface area contributed by atoms with Crippen LogP contribution in [0, 0.1) is 16.7 Å². The van der Waals surface area contributed by atoms with Crippen molar-refractivity contribution in [3.63, 3.8) is 0 Å². The smallest absolute Gasteiger partial charge is 0.273 e. The van der Waals surface area contributed by atoms with Gasteiger partial charge >= 0.3 is 0 Å². The number of carbonyl (C=O) groups is 2. The van der Waals surface area contributed by atoms with Gasteiger partial charge in [-0.15, -0.1) is 0 Å². The maximum atomic E-state index is 13.4. The lowest BCUT2D eigenvalue weighted by Crippen LogP contribution is -2.50. The third kappa shape index (κ3) is 4.25. The molecule has 7 nitrogen and oxygen atoms in total. The van der Waals surface area contributed by atoms with E-state index in [0.29, 0.717) is 33.3 Å². The second-order valence-electron chi connectivity index (χ2n) is 8.94. The van der Waals surface area contributed by atoms with E-state index in [9.17, 15) is 14.9 Å². The molecule has 2 aliphatic rings. The molecule has 0 saturated heterocycles. The summed E-state index contributed by atoms with van der Waals surface area (Å²) in [5.74, 6) is -1.44. The highest BCUT2D eigenvalue weighted by Crippen LogP contribution is 2.49. The van der Waals surface area contributed by atoms with Gasteiger partial charge in [-0.25, -0.2) is 9.99 Å². The zero-order valence-corrected chi connectivity index (χ0v) is 20.6. The van der Waals surface area contributed by atoms with Gasteiger partial charge in [-0.1, -0.05) is 54.7 Å². The van der Waals surface area contributed by atoms with Gasteiger partial charge in [0.05, 0.1) is 38.9 Å². The molecule has 4 rings (SSSR count). The Hall–Kier alpha value is -3.05. The van der Waals surface area contributed by atoms with Crippen molar-refractivity contribution in [3.05, 3.63) is 85.5 Å². The molecular weight excluding hydrogens is 497 g/mol. The van der Waals surface area contributed by atoms with Crippen LogP contribution in [-0.2, 0) is 4.79 Å². The van der Waals surface area contributed by atoms with Crippen LogP contribution in [0.1, 0.15) is 48.5 Å². The van der Waals surface area contributed by atoms with E-state index in [4.69, 9.17) is 40.5 Å². The number of pyridine rings is 1. The van der Waals surface area contributed by atoms with Crippen molar-refractivity contribution in [2.24, 2.45) is 11.1 Å². The van der Waals surface area contributed by atoms with E-state index in [0.717, 1.165) is 0 Å². The van der Waals surface area contributed by atoms with Crippen LogP contribution in [0.25, 0.3) is 0 Å². The van der Waals surface area contributed by atoms with E-state index in [1.54, 1.807) is 24.3 Å². The number of amides is 1. The van der Waals surface area contributed by atoms with Gasteiger partial charge in [-0.2, -0.15) is 5.26 Å². The summed E-state index contributed by atoms with van der Waals surface area (Å²) < 4.78 is 0. The molecule has 0 saturated carbocycles. The monoisotopic (exact) mass is 515 g/mol. The van der Waals surface area contributed by atoms with Crippen LogP contribution in [-0.4, -0.2) is 21.7 Å². The molecule has 10 heteroatoms. The zero-order chi connectivity index (χ0) is 24.8. The number of rotatable bonds is 3. The SMILES string of the molecule is CC1(C)CC(=O)C2=C(C1)N(NC(=O)c1cccnc1Cl)C(N)=C(C#N)C2c1ccc(Cl)c(Cl)c1. The summed E-state index contributed by atoms with van der Waals surface area (Å²) in [5, 5.41) is 12.0. The second-order valence-corrected chi connectivity index (χ2v) is 10.1. The third-order valence-corrected chi connectivity index (χ3v) is 6.92. The zero-order valence-electron chi connectivity index (χ0n) is 18.3. The van der Waals surface area contributed by atoms with Gasteiger partial charge < -0.3 is 5.73 Å². The Morgan fingerprint density at radius 1 is 1.24 bits per heavy atom. The predicted molar refractivity (Wildman–Crippen MR) is 130 cm³/mol. The minimum absolute atomic E-state index is 0.0104.